The van der Waals surface area contributed by atoms with Gasteiger partial charge in [0.05, 0.1) is 12.0 Å². The van der Waals surface area contributed by atoms with Crippen molar-refractivity contribution in [2.45, 2.75) is 6.04 Å². The molecule has 102 valence electrons. The first-order valence-electron chi connectivity index (χ1n) is 5.93. The highest BCUT2D eigenvalue weighted by molar-refractivity contribution is 5.82. The van der Waals surface area contributed by atoms with Crippen LogP contribution in [0.3, 0.4) is 0 Å². The number of carbonyl (C=O) groups excluding carboxylic acids is 1. The highest BCUT2D eigenvalue weighted by Crippen LogP contribution is 2.29. The van der Waals surface area contributed by atoms with E-state index in [0.29, 0.717) is 25.3 Å². The first kappa shape index (κ1) is 13.3. The smallest absolute Gasteiger partial charge is 0.329 e. The van der Waals surface area contributed by atoms with Gasteiger partial charge in [-0.05, 0) is 6.07 Å². The number of piperazine rings is 1. The van der Waals surface area contributed by atoms with Gasteiger partial charge in [0, 0.05) is 25.7 Å². The average Bonchev–Trinajstić information content (AvgIpc) is 2.46. The van der Waals surface area contributed by atoms with Crippen LogP contribution in [-0.4, -0.2) is 43.7 Å². The van der Waals surface area contributed by atoms with Gasteiger partial charge >= 0.3 is 5.97 Å². The molecular weight excluding hydrogens is 250 g/mol. The van der Waals surface area contributed by atoms with Crippen molar-refractivity contribution in [3.05, 3.63) is 34.4 Å². The molecule has 0 aromatic heterocycles. The molecular formula is C12H15N3O4. The summed E-state index contributed by atoms with van der Waals surface area (Å²) < 4.78 is 4.75. The Morgan fingerprint density at radius 3 is 2.95 bits per heavy atom. The second-order valence-corrected chi connectivity index (χ2v) is 4.18. The molecule has 7 nitrogen and oxygen atoms in total. The molecule has 1 unspecified atom stereocenters. The second kappa shape index (κ2) is 5.66. The third-order valence-electron chi connectivity index (χ3n) is 3.10. The van der Waals surface area contributed by atoms with Crippen LogP contribution in [0.2, 0.25) is 0 Å². The lowest BCUT2D eigenvalue weighted by Gasteiger charge is -2.35. The van der Waals surface area contributed by atoms with E-state index in [1.165, 1.54) is 13.2 Å². The zero-order valence-electron chi connectivity index (χ0n) is 10.5. The minimum absolute atomic E-state index is 0.00157. The lowest BCUT2D eigenvalue weighted by Crippen LogP contribution is -2.55. The van der Waals surface area contributed by atoms with Crippen molar-refractivity contribution < 1.29 is 14.5 Å². The van der Waals surface area contributed by atoms with Crippen molar-refractivity contribution in [2.24, 2.45) is 0 Å². The van der Waals surface area contributed by atoms with Gasteiger partial charge in [-0.2, -0.15) is 0 Å². The lowest BCUT2D eigenvalue weighted by molar-refractivity contribution is -0.384. The summed E-state index contributed by atoms with van der Waals surface area (Å²) in [6.45, 7) is 1.60. The highest BCUT2D eigenvalue weighted by Gasteiger charge is 2.32. The molecule has 0 radical (unpaired) electrons. The number of ether oxygens (including phenoxy) is 1. The Kier molecular flexibility index (Phi) is 3.96. The third kappa shape index (κ3) is 2.65. The van der Waals surface area contributed by atoms with Gasteiger partial charge in [0.1, 0.15) is 11.7 Å². The van der Waals surface area contributed by atoms with Crippen molar-refractivity contribution in [1.29, 1.82) is 0 Å². The third-order valence-corrected chi connectivity index (χ3v) is 3.10. The number of anilines is 1. The van der Waals surface area contributed by atoms with Crippen LogP contribution in [0.5, 0.6) is 0 Å². The second-order valence-electron chi connectivity index (χ2n) is 4.18. The number of hydrogen-bond acceptors (Lipinski definition) is 6. The van der Waals surface area contributed by atoms with Gasteiger partial charge in [0.2, 0.25) is 0 Å². The number of nitrogens with zero attached hydrogens (tertiary/aromatic N) is 2. The van der Waals surface area contributed by atoms with Gasteiger partial charge in [0.25, 0.3) is 5.69 Å². The van der Waals surface area contributed by atoms with Crippen molar-refractivity contribution in [2.75, 3.05) is 31.6 Å². The fourth-order valence-electron chi connectivity index (χ4n) is 2.20. The number of hydrogen-bond donors (Lipinski definition) is 1. The van der Waals surface area contributed by atoms with E-state index in [4.69, 9.17) is 4.74 Å². The molecule has 0 spiro atoms. The topological polar surface area (TPSA) is 84.7 Å². The van der Waals surface area contributed by atoms with Crippen LogP contribution >= 0.6 is 0 Å². The molecule has 1 N–H and O–H groups in total. The summed E-state index contributed by atoms with van der Waals surface area (Å²) in [6.07, 6.45) is 0. The molecule has 0 aliphatic carbocycles. The summed E-state index contributed by atoms with van der Waals surface area (Å²) >= 11 is 0. The number of benzene rings is 1. The van der Waals surface area contributed by atoms with Crippen LogP contribution in [-0.2, 0) is 9.53 Å². The largest absolute Gasteiger partial charge is 0.467 e. The molecule has 1 aliphatic heterocycles. The summed E-state index contributed by atoms with van der Waals surface area (Å²) in [6, 6.07) is 5.88. The summed E-state index contributed by atoms with van der Waals surface area (Å²) in [5.74, 6) is -0.398. The van der Waals surface area contributed by atoms with E-state index < -0.39 is 16.9 Å². The van der Waals surface area contributed by atoms with Gasteiger partial charge in [-0.1, -0.05) is 12.1 Å². The van der Waals surface area contributed by atoms with Crippen LogP contribution in [0.15, 0.2) is 24.3 Å². The molecule has 1 aromatic carbocycles. The Balaban J connectivity index is 2.37. The lowest BCUT2D eigenvalue weighted by atomic mass is 10.1. The summed E-state index contributed by atoms with van der Waals surface area (Å²) in [4.78, 5) is 24.1. The molecule has 0 bridgehead atoms. The Morgan fingerprint density at radius 2 is 2.26 bits per heavy atom. The molecule has 1 fully saturated rings. The number of nitro benzene ring substituents is 1. The molecule has 0 saturated carbocycles. The van der Waals surface area contributed by atoms with Crippen molar-refractivity contribution >= 4 is 17.3 Å². The maximum atomic E-state index is 11.8. The number of esters is 1. The van der Waals surface area contributed by atoms with Crippen molar-refractivity contribution in [3.8, 4) is 0 Å². The molecule has 1 atom stereocenters. The zero-order valence-corrected chi connectivity index (χ0v) is 10.5. The van der Waals surface area contributed by atoms with E-state index in [2.05, 4.69) is 5.32 Å². The molecule has 1 saturated heterocycles. The van der Waals surface area contributed by atoms with Crippen molar-refractivity contribution in [1.82, 2.24) is 5.32 Å². The fraction of sp³-hybridized carbons (Fsp3) is 0.417. The first-order valence-corrected chi connectivity index (χ1v) is 5.93. The Bertz CT molecular complexity index is 492. The quantitative estimate of drug-likeness (QED) is 0.488. The Hall–Kier alpha value is -2.15. The zero-order chi connectivity index (χ0) is 13.8. The fourth-order valence-corrected chi connectivity index (χ4v) is 2.20. The number of para-hydroxylation sites is 2. The van der Waals surface area contributed by atoms with Gasteiger partial charge < -0.3 is 15.0 Å². The number of rotatable bonds is 3. The standard InChI is InChI=1S/C12H15N3O4/c1-19-12(16)11-8-13-6-7-14(11)9-4-2-3-5-10(9)15(17)18/h2-5,11,13H,6-8H2,1H3. The van der Waals surface area contributed by atoms with E-state index in [9.17, 15) is 14.9 Å². The maximum absolute atomic E-state index is 11.8. The SMILES string of the molecule is COC(=O)C1CNCCN1c1ccccc1[N+](=O)[O-]. The van der Waals surface area contributed by atoms with E-state index >= 15 is 0 Å². The van der Waals surface area contributed by atoms with Gasteiger partial charge in [-0.3, -0.25) is 10.1 Å². The molecule has 1 aliphatic rings. The minimum atomic E-state index is -0.542. The Labute approximate surface area is 110 Å². The predicted molar refractivity (Wildman–Crippen MR) is 69.1 cm³/mol. The molecule has 1 aromatic rings. The number of methoxy groups -OCH3 is 1. The molecule has 1 heterocycles. The Morgan fingerprint density at radius 1 is 1.53 bits per heavy atom. The summed E-state index contributed by atoms with van der Waals surface area (Å²) in [5.41, 5.74) is 0.447. The predicted octanol–water partition coefficient (Wildman–Crippen LogP) is 0.546. The van der Waals surface area contributed by atoms with E-state index in [0.717, 1.165) is 0 Å². The van der Waals surface area contributed by atoms with Crippen LogP contribution in [0.4, 0.5) is 11.4 Å². The average molecular weight is 265 g/mol. The van der Waals surface area contributed by atoms with Crippen LogP contribution in [0, 0.1) is 10.1 Å². The van der Waals surface area contributed by atoms with Gasteiger partial charge in [0.15, 0.2) is 0 Å². The van der Waals surface area contributed by atoms with Crippen LogP contribution in [0.1, 0.15) is 0 Å². The maximum Gasteiger partial charge on any atom is 0.329 e. The van der Waals surface area contributed by atoms with E-state index in [1.54, 1.807) is 23.1 Å². The van der Waals surface area contributed by atoms with Gasteiger partial charge in [-0.25, -0.2) is 4.79 Å². The molecule has 19 heavy (non-hydrogen) atoms. The highest BCUT2D eigenvalue weighted by atomic mass is 16.6. The monoisotopic (exact) mass is 265 g/mol. The van der Waals surface area contributed by atoms with Crippen LogP contribution in [0.25, 0.3) is 0 Å². The van der Waals surface area contributed by atoms with Crippen molar-refractivity contribution in [3.63, 3.8) is 0 Å². The first-order chi connectivity index (χ1) is 9.15. The number of nitrogens with one attached hydrogen (secondary N) is 1. The molecule has 0 amide bonds. The van der Waals surface area contributed by atoms with Crippen LogP contribution < -0.4 is 10.2 Å². The number of nitro groups is 1. The molecule has 2 rings (SSSR count). The normalized spacial score (nSPS) is 19.0. The van der Waals surface area contributed by atoms with Gasteiger partial charge in [-0.15, -0.1) is 0 Å². The summed E-state index contributed by atoms with van der Waals surface area (Å²) in [7, 11) is 1.31. The summed E-state index contributed by atoms with van der Waals surface area (Å²) in [5, 5.41) is 14.1. The number of carbonyl (C=O) groups is 1. The molecule has 7 heteroatoms. The van der Waals surface area contributed by atoms with E-state index in [-0.39, 0.29) is 5.69 Å². The minimum Gasteiger partial charge on any atom is -0.467 e. The van der Waals surface area contributed by atoms with E-state index in [1.807, 2.05) is 0 Å².